The topological polar surface area (TPSA) is 72.2 Å². The summed E-state index contributed by atoms with van der Waals surface area (Å²) in [5, 5.41) is 0. The van der Waals surface area contributed by atoms with Crippen LogP contribution < -0.4 is 10.5 Å². The Balaban J connectivity index is 2.81. The highest BCUT2D eigenvalue weighted by Gasteiger charge is 2.13. The van der Waals surface area contributed by atoms with E-state index in [9.17, 15) is 8.42 Å². The highest BCUT2D eigenvalue weighted by Crippen LogP contribution is 2.22. The molecule has 0 fully saturated rings. The highest BCUT2D eigenvalue weighted by molar-refractivity contribution is 9.10. The largest absolute Gasteiger partial charge is 0.398 e. The van der Waals surface area contributed by atoms with Crippen LogP contribution >= 0.6 is 15.9 Å². The number of nitrogens with one attached hydrogen (secondary N) is 1. The third kappa shape index (κ3) is 4.04. The average Bonchev–Trinajstić information content (AvgIpc) is 2.28. The van der Waals surface area contributed by atoms with Crippen molar-refractivity contribution in [2.24, 2.45) is 0 Å². The van der Waals surface area contributed by atoms with Crippen molar-refractivity contribution in [3.05, 3.63) is 22.7 Å². The average molecular weight is 317 g/mol. The van der Waals surface area contributed by atoms with Crippen LogP contribution in [0, 0.1) is 11.8 Å². The van der Waals surface area contributed by atoms with E-state index in [1.807, 2.05) is 0 Å². The van der Waals surface area contributed by atoms with Gasteiger partial charge in [0.1, 0.15) is 0 Å². The van der Waals surface area contributed by atoms with E-state index < -0.39 is 10.0 Å². The first kappa shape index (κ1) is 14.0. The number of nitrogens with two attached hydrogens (primary N) is 1. The summed E-state index contributed by atoms with van der Waals surface area (Å²) in [6.07, 6.45) is 0.492. The van der Waals surface area contributed by atoms with Gasteiger partial charge < -0.3 is 5.73 Å². The van der Waals surface area contributed by atoms with Crippen molar-refractivity contribution in [2.45, 2.75) is 18.2 Å². The molecule has 92 valence electrons. The number of rotatable bonds is 4. The van der Waals surface area contributed by atoms with Gasteiger partial charge in [-0.15, -0.1) is 11.8 Å². The Labute approximate surface area is 110 Å². The fraction of sp³-hybridized carbons (Fsp3) is 0.273. The standard InChI is InChI=1S/C11H13BrN2O2S/c1-2-3-4-7-14-17(15,16)9-5-6-11(13)10(12)8-9/h5-6,8,14H,4,7,13H2,1H3. The van der Waals surface area contributed by atoms with Gasteiger partial charge in [0.25, 0.3) is 0 Å². The number of sulfonamides is 1. The minimum absolute atomic E-state index is 0.183. The maximum Gasteiger partial charge on any atom is 0.240 e. The van der Waals surface area contributed by atoms with Crippen molar-refractivity contribution in [3.63, 3.8) is 0 Å². The number of benzene rings is 1. The molecule has 0 unspecified atom stereocenters. The van der Waals surface area contributed by atoms with Crippen molar-refractivity contribution < 1.29 is 8.42 Å². The Morgan fingerprint density at radius 2 is 2.18 bits per heavy atom. The molecule has 6 heteroatoms. The van der Waals surface area contributed by atoms with Gasteiger partial charge in [0.15, 0.2) is 0 Å². The van der Waals surface area contributed by atoms with Gasteiger partial charge in [-0.25, -0.2) is 13.1 Å². The predicted octanol–water partition coefficient (Wildman–Crippen LogP) is 1.72. The molecule has 17 heavy (non-hydrogen) atoms. The molecule has 0 bridgehead atoms. The van der Waals surface area contributed by atoms with Gasteiger partial charge >= 0.3 is 0 Å². The van der Waals surface area contributed by atoms with Crippen LogP contribution in [0.2, 0.25) is 0 Å². The van der Waals surface area contributed by atoms with E-state index >= 15 is 0 Å². The molecule has 0 saturated carbocycles. The second kappa shape index (κ2) is 6.05. The number of hydrogen-bond donors (Lipinski definition) is 2. The maximum atomic E-state index is 11.8. The van der Waals surface area contributed by atoms with Crippen LogP contribution in [0.15, 0.2) is 27.6 Å². The Kier molecular flexibility index (Phi) is 5.00. The van der Waals surface area contributed by atoms with Crippen LogP contribution in [-0.2, 0) is 10.0 Å². The molecule has 0 heterocycles. The van der Waals surface area contributed by atoms with E-state index in [2.05, 4.69) is 32.5 Å². The first-order valence-corrected chi connectivity index (χ1v) is 7.19. The van der Waals surface area contributed by atoms with Crippen LogP contribution in [0.25, 0.3) is 0 Å². The van der Waals surface area contributed by atoms with Gasteiger partial charge in [0, 0.05) is 23.1 Å². The third-order valence-corrected chi connectivity index (χ3v) is 4.15. The molecule has 1 aromatic carbocycles. The monoisotopic (exact) mass is 316 g/mol. The lowest BCUT2D eigenvalue weighted by Crippen LogP contribution is -2.24. The number of anilines is 1. The quantitative estimate of drug-likeness (QED) is 0.505. The molecule has 1 rings (SSSR count). The van der Waals surface area contributed by atoms with Crippen LogP contribution in [0.3, 0.4) is 0 Å². The highest BCUT2D eigenvalue weighted by atomic mass is 79.9. The lowest BCUT2D eigenvalue weighted by molar-refractivity contribution is 0.582. The third-order valence-electron chi connectivity index (χ3n) is 2.00. The van der Waals surface area contributed by atoms with Crippen molar-refractivity contribution >= 4 is 31.6 Å². The summed E-state index contributed by atoms with van der Waals surface area (Å²) in [6, 6.07) is 4.49. The fourth-order valence-corrected chi connectivity index (χ4v) is 2.72. The zero-order valence-corrected chi connectivity index (χ0v) is 11.7. The van der Waals surface area contributed by atoms with E-state index in [1.54, 1.807) is 13.0 Å². The Morgan fingerprint density at radius 3 is 2.76 bits per heavy atom. The molecule has 0 aromatic heterocycles. The summed E-state index contributed by atoms with van der Waals surface area (Å²) in [4.78, 5) is 0.183. The normalized spacial score (nSPS) is 10.7. The number of hydrogen-bond acceptors (Lipinski definition) is 3. The zero-order valence-electron chi connectivity index (χ0n) is 9.33. The molecule has 0 aliphatic carbocycles. The van der Waals surface area contributed by atoms with Gasteiger partial charge in [-0.05, 0) is 41.1 Å². The minimum atomic E-state index is -3.48. The van der Waals surface area contributed by atoms with Gasteiger partial charge in [-0.1, -0.05) is 0 Å². The van der Waals surface area contributed by atoms with Crippen LogP contribution in [0.5, 0.6) is 0 Å². The second-order valence-electron chi connectivity index (χ2n) is 3.26. The minimum Gasteiger partial charge on any atom is -0.398 e. The summed E-state index contributed by atoms with van der Waals surface area (Å²) in [6.45, 7) is 2.01. The molecule has 0 aliphatic rings. The predicted molar refractivity (Wildman–Crippen MR) is 71.8 cm³/mol. The second-order valence-corrected chi connectivity index (χ2v) is 5.88. The van der Waals surface area contributed by atoms with E-state index in [0.29, 0.717) is 23.1 Å². The zero-order chi connectivity index (χ0) is 12.9. The Bertz CT molecular complexity index is 559. The van der Waals surface area contributed by atoms with Gasteiger partial charge in [-0.2, -0.15) is 0 Å². The van der Waals surface area contributed by atoms with Crippen molar-refractivity contribution in [1.82, 2.24) is 4.72 Å². The van der Waals surface area contributed by atoms with E-state index in [0.717, 1.165) is 0 Å². The molecule has 4 nitrogen and oxygen atoms in total. The van der Waals surface area contributed by atoms with E-state index in [1.165, 1.54) is 12.1 Å². The summed E-state index contributed by atoms with van der Waals surface area (Å²) in [7, 11) is -3.48. The Morgan fingerprint density at radius 1 is 1.47 bits per heavy atom. The molecular formula is C11H13BrN2O2S. The first-order chi connectivity index (χ1) is 7.97. The SMILES string of the molecule is CC#CCCNS(=O)(=O)c1ccc(N)c(Br)c1. The van der Waals surface area contributed by atoms with E-state index in [-0.39, 0.29) is 4.90 Å². The number of halogens is 1. The molecule has 0 aliphatic heterocycles. The molecule has 0 saturated heterocycles. The molecule has 0 amide bonds. The van der Waals surface area contributed by atoms with E-state index in [4.69, 9.17) is 5.73 Å². The summed E-state index contributed by atoms with van der Waals surface area (Å²) in [5.74, 6) is 5.49. The smallest absolute Gasteiger partial charge is 0.240 e. The number of nitrogen functional groups attached to an aromatic ring is 1. The van der Waals surface area contributed by atoms with Crippen molar-refractivity contribution in [3.8, 4) is 11.8 Å². The maximum absolute atomic E-state index is 11.8. The molecular weight excluding hydrogens is 304 g/mol. The lowest BCUT2D eigenvalue weighted by Gasteiger charge is -2.06. The molecule has 1 aromatic rings. The van der Waals surface area contributed by atoms with Crippen LogP contribution in [-0.4, -0.2) is 15.0 Å². The fourth-order valence-electron chi connectivity index (χ4n) is 1.13. The van der Waals surface area contributed by atoms with Crippen LogP contribution in [0.4, 0.5) is 5.69 Å². The Hall–Kier alpha value is -1.03. The summed E-state index contributed by atoms with van der Waals surface area (Å²) >= 11 is 3.19. The summed E-state index contributed by atoms with van der Waals surface area (Å²) < 4.78 is 26.7. The molecule has 0 atom stereocenters. The van der Waals surface area contributed by atoms with Crippen molar-refractivity contribution in [1.29, 1.82) is 0 Å². The van der Waals surface area contributed by atoms with Gasteiger partial charge in [-0.3, -0.25) is 0 Å². The van der Waals surface area contributed by atoms with Crippen molar-refractivity contribution in [2.75, 3.05) is 12.3 Å². The molecule has 0 radical (unpaired) electrons. The summed E-state index contributed by atoms with van der Waals surface area (Å²) in [5.41, 5.74) is 6.09. The van der Waals surface area contributed by atoms with Crippen LogP contribution in [0.1, 0.15) is 13.3 Å². The van der Waals surface area contributed by atoms with Gasteiger partial charge in [0.05, 0.1) is 4.90 Å². The molecule has 0 spiro atoms. The van der Waals surface area contributed by atoms with Gasteiger partial charge in [0.2, 0.25) is 10.0 Å². The first-order valence-electron chi connectivity index (χ1n) is 4.91. The molecule has 3 N–H and O–H groups in total. The lowest BCUT2D eigenvalue weighted by atomic mass is 10.3.